The highest BCUT2D eigenvalue weighted by atomic mass is 35.5. The van der Waals surface area contributed by atoms with Crippen molar-refractivity contribution in [3.63, 3.8) is 0 Å². The fourth-order valence-electron chi connectivity index (χ4n) is 4.58. The van der Waals surface area contributed by atoms with Crippen LogP contribution >= 0.6 is 11.6 Å². The third-order valence-electron chi connectivity index (χ3n) is 6.54. The summed E-state index contributed by atoms with van der Waals surface area (Å²) in [5.74, 6) is 0.371. The number of benzene rings is 3. The van der Waals surface area contributed by atoms with Gasteiger partial charge >= 0.3 is 0 Å². The van der Waals surface area contributed by atoms with E-state index in [0.29, 0.717) is 24.0 Å². The topological polar surface area (TPSA) is 57.7 Å². The molecule has 0 bridgehead atoms. The molecular formula is C28H31ClN2O3S. The molecule has 0 unspecified atom stereocenters. The summed E-state index contributed by atoms with van der Waals surface area (Å²) in [6, 6.07) is 24.2. The number of amides is 1. The molecule has 1 aliphatic heterocycles. The Morgan fingerprint density at radius 3 is 2.26 bits per heavy atom. The van der Waals surface area contributed by atoms with Crippen molar-refractivity contribution in [3.8, 4) is 0 Å². The highest BCUT2D eigenvalue weighted by molar-refractivity contribution is 7.89. The third-order valence-corrected chi connectivity index (χ3v) is 8.60. The van der Waals surface area contributed by atoms with E-state index in [1.54, 1.807) is 12.1 Å². The summed E-state index contributed by atoms with van der Waals surface area (Å²) in [5.41, 5.74) is 3.20. The highest BCUT2D eigenvalue weighted by Crippen LogP contribution is 2.24. The van der Waals surface area contributed by atoms with Gasteiger partial charge in [0.15, 0.2) is 0 Å². The number of hydrogen-bond acceptors (Lipinski definition) is 3. The van der Waals surface area contributed by atoms with Crippen LogP contribution < -0.4 is 0 Å². The van der Waals surface area contributed by atoms with Crippen LogP contribution in [0.5, 0.6) is 0 Å². The Labute approximate surface area is 213 Å². The van der Waals surface area contributed by atoms with Crippen molar-refractivity contribution in [2.75, 3.05) is 19.6 Å². The van der Waals surface area contributed by atoms with Crippen molar-refractivity contribution in [2.45, 2.75) is 37.6 Å². The Hall–Kier alpha value is -2.67. The summed E-state index contributed by atoms with van der Waals surface area (Å²) >= 11 is 5.97. The SMILES string of the molecule is Cc1cccc(CN(CC(=O)N2CCC(Cc3ccccc3)CC2)S(=O)(=O)c2ccc(Cl)cc2)c1. The number of likely N-dealkylation sites (tertiary alicyclic amines) is 1. The number of aryl methyl sites for hydroxylation is 1. The second kappa shape index (κ2) is 11.4. The lowest BCUT2D eigenvalue weighted by molar-refractivity contribution is -0.132. The van der Waals surface area contributed by atoms with Gasteiger partial charge in [0, 0.05) is 24.7 Å². The van der Waals surface area contributed by atoms with Crippen molar-refractivity contribution >= 4 is 27.5 Å². The molecule has 0 saturated carbocycles. The molecule has 1 heterocycles. The van der Waals surface area contributed by atoms with Crippen LogP contribution in [0.1, 0.15) is 29.5 Å². The molecule has 0 atom stereocenters. The number of halogens is 1. The fourth-order valence-corrected chi connectivity index (χ4v) is 6.08. The molecule has 0 spiro atoms. The van der Waals surface area contributed by atoms with Gasteiger partial charge in [-0.1, -0.05) is 71.8 Å². The summed E-state index contributed by atoms with van der Waals surface area (Å²) in [6.07, 6.45) is 2.85. The number of carbonyl (C=O) groups excluding carboxylic acids is 1. The average molecular weight is 511 g/mol. The first kappa shape index (κ1) is 25.4. The van der Waals surface area contributed by atoms with E-state index in [1.807, 2.05) is 42.2 Å². The van der Waals surface area contributed by atoms with E-state index in [-0.39, 0.29) is 23.9 Å². The predicted molar refractivity (Wildman–Crippen MR) is 140 cm³/mol. The molecule has 1 fully saturated rings. The second-order valence-corrected chi connectivity index (χ2v) is 11.6. The minimum Gasteiger partial charge on any atom is -0.342 e. The van der Waals surface area contributed by atoms with Crippen molar-refractivity contribution in [1.82, 2.24) is 9.21 Å². The van der Waals surface area contributed by atoms with Gasteiger partial charge in [0.1, 0.15) is 0 Å². The van der Waals surface area contributed by atoms with Gasteiger partial charge in [-0.15, -0.1) is 0 Å². The number of rotatable bonds is 8. The maximum atomic E-state index is 13.5. The maximum Gasteiger partial charge on any atom is 0.243 e. The zero-order valence-electron chi connectivity index (χ0n) is 19.9. The third kappa shape index (κ3) is 6.72. The molecule has 0 N–H and O–H groups in total. The Bertz CT molecular complexity index is 1240. The lowest BCUT2D eigenvalue weighted by atomic mass is 9.90. The molecule has 35 heavy (non-hydrogen) atoms. The maximum absolute atomic E-state index is 13.5. The normalized spacial score (nSPS) is 14.9. The van der Waals surface area contributed by atoms with E-state index in [0.717, 1.165) is 30.4 Å². The first-order valence-corrected chi connectivity index (χ1v) is 13.8. The number of nitrogens with zero attached hydrogens (tertiary/aromatic N) is 2. The van der Waals surface area contributed by atoms with E-state index >= 15 is 0 Å². The quantitative estimate of drug-likeness (QED) is 0.412. The van der Waals surface area contributed by atoms with Gasteiger partial charge in [-0.3, -0.25) is 4.79 Å². The van der Waals surface area contributed by atoms with Crippen LogP contribution in [0.4, 0.5) is 0 Å². The molecule has 1 aliphatic rings. The molecular weight excluding hydrogens is 480 g/mol. The van der Waals surface area contributed by atoms with E-state index in [1.165, 1.54) is 22.0 Å². The van der Waals surface area contributed by atoms with Crippen molar-refractivity contribution < 1.29 is 13.2 Å². The van der Waals surface area contributed by atoms with Gasteiger partial charge in [-0.05, 0) is 67.5 Å². The monoisotopic (exact) mass is 510 g/mol. The summed E-state index contributed by atoms with van der Waals surface area (Å²) in [6.45, 7) is 3.20. The Balaban J connectivity index is 1.46. The van der Waals surface area contributed by atoms with E-state index in [2.05, 4.69) is 24.3 Å². The molecule has 3 aromatic rings. The minimum atomic E-state index is -3.89. The van der Waals surface area contributed by atoms with Crippen molar-refractivity contribution in [1.29, 1.82) is 0 Å². The lowest BCUT2D eigenvalue weighted by Crippen LogP contribution is -2.45. The fraction of sp³-hybridized carbons (Fsp3) is 0.321. The van der Waals surface area contributed by atoms with Crippen LogP contribution in [0.2, 0.25) is 5.02 Å². The molecule has 184 valence electrons. The number of carbonyl (C=O) groups is 1. The molecule has 7 heteroatoms. The second-order valence-electron chi connectivity index (χ2n) is 9.23. The number of sulfonamides is 1. The molecule has 1 saturated heterocycles. The van der Waals surface area contributed by atoms with Crippen LogP contribution in [0, 0.1) is 12.8 Å². The number of hydrogen-bond donors (Lipinski definition) is 0. The van der Waals surface area contributed by atoms with Gasteiger partial charge in [0.25, 0.3) is 0 Å². The molecule has 4 rings (SSSR count). The molecule has 5 nitrogen and oxygen atoms in total. The van der Waals surface area contributed by atoms with Crippen LogP contribution in [0.25, 0.3) is 0 Å². The first-order valence-electron chi connectivity index (χ1n) is 11.9. The summed E-state index contributed by atoms with van der Waals surface area (Å²) in [4.78, 5) is 15.2. The first-order chi connectivity index (χ1) is 16.8. The van der Waals surface area contributed by atoms with Gasteiger partial charge in [-0.25, -0.2) is 8.42 Å². The Morgan fingerprint density at radius 1 is 0.943 bits per heavy atom. The zero-order valence-corrected chi connectivity index (χ0v) is 21.5. The van der Waals surface area contributed by atoms with Crippen LogP contribution in [0.3, 0.4) is 0 Å². The molecule has 0 aromatic heterocycles. The lowest BCUT2D eigenvalue weighted by Gasteiger charge is -2.33. The standard InChI is InChI=1S/C28H31ClN2O3S/c1-22-6-5-9-25(18-22)20-31(35(33,34)27-12-10-26(29)11-13-27)21-28(32)30-16-14-24(15-17-30)19-23-7-3-2-4-8-23/h2-13,18,24H,14-17,19-21H2,1H3. The summed E-state index contributed by atoms with van der Waals surface area (Å²) in [5, 5.41) is 0.462. The molecule has 0 radical (unpaired) electrons. The van der Waals surface area contributed by atoms with Crippen LogP contribution in [0.15, 0.2) is 83.8 Å². The van der Waals surface area contributed by atoms with Gasteiger partial charge in [-0.2, -0.15) is 4.31 Å². The smallest absolute Gasteiger partial charge is 0.243 e. The van der Waals surface area contributed by atoms with E-state index in [9.17, 15) is 13.2 Å². The van der Waals surface area contributed by atoms with Crippen LogP contribution in [-0.4, -0.2) is 43.2 Å². The van der Waals surface area contributed by atoms with Gasteiger partial charge in [0.05, 0.1) is 11.4 Å². The predicted octanol–water partition coefficient (Wildman–Crippen LogP) is 5.32. The molecule has 1 amide bonds. The largest absolute Gasteiger partial charge is 0.342 e. The highest BCUT2D eigenvalue weighted by Gasteiger charge is 2.30. The van der Waals surface area contributed by atoms with Crippen LogP contribution in [-0.2, 0) is 27.8 Å². The van der Waals surface area contributed by atoms with E-state index in [4.69, 9.17) is 11.6 Å². The molecule has 0 aliphatic carbocycles. The van der Waals surface area contributed by atoms with Crippen molar-refractivity contribution in [2.24, 2.45) is 5.92 Å². The minimum absolute atomic E-state index is 0.128. The summed E-state index contributed by atoms with van der Waals surface area (Å²) < 4.78 is 28.3. The zero-order chi connectivity index (χ0) is 24.8. The van der Waals surface area contributed by atoms with E-state index < -0.39 is 10.0 Å². The number of piperidine rings is 1. The van der Waals surface area contributed by atoms with Gasteiger partial charge in [0.2, 0.25) is 15.9 Å². The Kier molecular flexibility index (Phi) is 8.26. The molecule has 3 aromatic carbocycles. The van der Waals surface area contributed by atoms with Gasteiger partial charge < -0.3 is 4.90 Å². The summed E-state index contributed by atoms with van der Waals surface area (Å²) in [7, 11) is -3.89. The Morgan fingerprint density at radius 2 is 1.60 bits per heavy atom. The average Bonchev–Trinajstić information content (AvgIpc) is 2.85. The van der Waals surface area contributed by atoms with Crippen molar-refractivity contribution in [3.05, 3.63) is 101 Å².